The molecule has 2 rings (SSSR count). The van der Waals surface area contributed by atoms with Crippen LogP contribution in [0.25, 0.3) is 0 Å². The number of carbonyl (C=O) groups is 1. The Morgan fingerprint density at radius 2 is 2.19 bits per heavy atom. The zero-order chi connectivity index (χ0) is 11.5. The first-order valence-corrected chi connectivity index (χ1v) is 5.45. The van der Waals surface area contributed by atoms with Crippen LogP contribution in [0.15, 0.2) is 39.4 Å². The van der Waals surface area contributed by atoms with Crippen LogP contribution in [0, 0.1) is 6.92 Å². The van der Waals surface area contributed by atoms with Gasteiger partial charge in [0.05, 0.1) is 0 Å². The van der Waals surface area contributed by atoms with Crippen molar-refractivity contribution in [3.63, 3.8) is 0 Å². The van der Waals surface area contributed by atoms with Crippen molar-refractivity contribution < 1.29 is 9.21 Å². The lowest BCUT2D eigenvalue weighted by Gasteiger charge is -2.01. The lowest BCUT2D eigenvalue weighted by atomic mass is 10.4. The van der Waals surface area contributed by atoms with Gasteiger partial charge in [0, 0.05) is 0 Å². The molecule has 0 aliphatic rings. The fraction of sp³-hybridized carbons (Fsp3) is 0.0909. The van der Waals surface area contributed by atoms with E-state index in [9.17, 15) is 4.79 Å². The van der Waals surface area contributed by atoms with E-state index in [0.717, 1.165) is 0 Å². The van der Waals surface area contributed by atoms with Gasteiger partial charge < -0.3 is 9.73 Å². The summed E-state index contributed by atoms with van der Waals surface area (Å²) < 4.78 is 5.86. The Morgan fingerprint density at radius 1 is 1.38 bits per heavy atom. The van der Waals surface area contributed by atoms with Gasteiger partial charge in [-0.15, -0.1) is 0 Å². The number of carbonyl (C=O) groups excluding carboxylic acids is 1. The maximum atomic E-state index is 11.7. The topological polar surface area (TPSA) is 55.1 Å². The molecule has 0 unspecified atom stereocenters. The summed E-state index contributed by atoms with van der Waals surface area (Å²) in [4.78, 5) is 15.8. The van der Waals surface area contributed by atoms with Gasteiger partial charge in [0.25, 0.3) is 5.91 Å². The third kappa shape index (κ3) is 2.49. The molecule has 1 N–H and O–H groups in total. The van der Waals surface area contributed by atoms with Crippen molar-refractivity contribution in [2.24, 2.45) is 0 Å². The summed E-state index contributed by atoms with van der Waals surface area (Å²) in [5, 5.41) is 2.64. The van der Waals surface area contributed by atoms with Gasteiger partial charge in [-0.1, -0.05) is 6.07 Å². The van der Waals surface area contributed by atoms with Gasteiger partial charge in [0.2, 0.25) is 0 Å². The normalized spacial score (nSPS) is 10.1. The van der Waals surface area contributed by atoms with E-state index < -0.39 is 0 Å². The minimum Gasteiger partial charge on any atom is -0.456 e. The molecule has 2 aromatic heterocycles. The third-order valence-electron chi connectivity index (χ3n) is 1.92. The number of nitrogens with zero attached hydrogens (tertiary/aromatic N) is 1. The van der Waals surface area contributed by atoms with Crippen LogP contribution in [0.5, 0.6) is 0 Å². The molecule has 4 nitrogen and oxygen atoms in total. The molecule has 0 fully saturated rings. The first-order valence-electron chi connectivity index (χ1n) is 4.65. The Kier molecular flexibility index (Phi) is 3.05. The molecular weight excluding hydrogens is 272 g/mol. The van der Waals surface area contributed by atoms with Crippen molar-refractivity contribution in [3.8, 4) is 0 Å². The van der Waals surface area contributed by atoms with E-state index in [-0.39, 0.29) is 11.7 Å². The summed E-state index contributed by atoms with van der Waals surface area (Å²) in [5.41, 5.74) is 0. The Bertz CT molecular complexity index is 522. The van der Waals surface area contributed by atoms with Gasteiger partial charge in [-0.2, -0.15) is 0 Å². The van der Waals surface area contributed by atoms with Gasteiger partial charge in [-0.3, -0.25) is 4.79 Å². The number of amides is 1. The number of rotatable bonds is 2. The zero-order valence-corrected chi connectivity index (χ0v) is 10.1. The number of halogens is 1. The minimum atomic E-state index is -0.307. The highest BCUT2D eigenvalue weighted by atomic mass is 79.9. The second kappa shape index (κ2) is 4.49. The minimum absolute atomic E-state index is 0.277. The number of pyridine rings is 1. The van der Waals surface area contributed by atoms with Crippen LogP contribution in [-0.4, -0.2) is 10.9 Å². The maximum absolute atomic E-state index is 11.7. The lowest BCUT2D eigenvalue weighted by Crippen LogP contribution is -2.11. The number of anilines is 1. The quantitative estimate of drug-likeness (QED) is 0.861. The average molecular weight is 281 g/mol. The summed E-state index contributed by atoms with van der Waals surface area (Å²) in [6.45, 7) is 1.79. The largest absolute Gasteiger partial charge is 0.456 e. The van der Waals surface area contributed by atoms with Crippen LogP contribution in [0.2, 0.25) is 0 Å². The lowest BCUT2D eigenvalue weighted by molar-refractivity contribution is 0.0995. The zero-order valence-electron chi connectivity index (χ0n) is 8.53. The summed E-state index contributed by atoms with van der Waals surface area (Å²) in [7, 11) is 0. The van der Waals surface area contributed by atoms with Gasteiger partial charge in [0.15, 0.2) is 5.76 Å². The molecule has 0 saturated carbocycles. The molecule has 1 amide bonds. The molecule has 0 aliphatic carbocycles. The van der Waals surface area contributed by atoms with Crippen LogP contribution >= 0.6 is 15.9 Å². The van der Waals surface area contributed by atoms with Crippen LogP contribution in [0.1, 0.15) is 16.3 Å². The second-order valence-corrected chi connectivity index (χ2v) is 4.02. The molecule has 0 aromatic carbocycles. The highest BCUT2D eigenvalue weighted by Gasteiger charge is 2.10. The Balaban J connectivity index is 2.13. The fourth-order valence-electron chi connectivity index (χ4n) is 1.21. The molecule has 16 heavy (non-hydrogen) atoms. The number of aromatic nitrogens is 1. The van der Waals surface area contributed by atoms with Gasteiger partial charge in [0.1, 0.15) is 16.2 Å². The number of aryl methyl sites for hydroxylation is 1. The summed E-state index contributed by atoms with van der Waals surface area (Å²) in [5.74, 6) is 1.15. The summed E-state index contributed by atoms with van der Waals surface area (Å²) >= 11 is 3.23. The van der Waals surface area contributed by atoms with Crippen LogP contribution in [0.4, 0.5) is 5.82 Å². The average Bonchev–Trinajstić information content (AvgIpc) is 2.65. The number of hydrogen-bond acceptors (Lipinski definition) is 3. The van der Waals surface area contributed by atoms with Gasteiger partial charge >= 0.3 is 0 Å². The fourth-order valence-corrected chi connectivity index (χ4v) is 1.56. The molecule has 5 heteroatoms. The monoisotopic (exact) mass is 280 g/mol. The standard InChI is InChI=1S/C11H9BrN2O2/c1-7-5-6-8(16-7)11(15)14-10-4-2-3-9(12)13-10/h2-6H,1H3,(H,13,14,15). The van der Waals surface area contributed by atoms with E-state index in [1.54, 1.807) is 37.3 Å². The molecule has 82 valence electrons. The Hall–Kier alpha value is -1.62. The highest BCUT2D eigenvalue weighted by Crippen LogP contribution is 2.12. The van der Waals surface area contributed by atoms with Crippen LogP contribution in [-0.2, 0) is 0 Å². The molecule has 0 radical (unpaired) electrons. The van der Waals surface area contributed by atoms with E-state index in [0.29, 0.717) is 16.2 Å². The SMILES string of the molecule is Cc1ccc(C(=O)Nc2cccc(Br)n2)o1. The number of hydrogen-bond donors (Lipinski definition) is 1. The van der Waals surface area contributed by atoms with E-state index in [4.69, 9.17) is 4.42 Å². The molecule has 2 heterocycles. The first-order chi connectivity index (χ1) is 7.65. The van der Waals surface area contributed by atoms with Crippen molar-refractivity contribution >= 4 is 27.7 Å². The van der Waals surface area contributed by atoms with Gasteiger partial charge in [-0.05, 0) is 47.1 Å². The highest BCUT2D eigenvalue weighted by molar-refractivity contribution is 9.10. The van der Waals surface area contributed by atoms with E-state index in [1.807, 2.05) is 0 Å². The second-order valence-electron chi connectivity index (χ2n) is 3.21. The summed E-state index contributed by atoms with van der Waals surface area (Å²) in [6.07, 6.45) is 0. The van der Waals surface area contributed by atoms with Crippen molar-refractivity contribution in [1.82, 2.24) is 4.98 Å². The predicted octanol–water partition coefficient (Wildman–Crippen LogP) is 3.00. The van der Waals surface area contributed by atoms with E-state index >= 15 is 0 Å². The van der Waals surface area contributed by atoms with Crippen molar-refractivity contribution in [1.29, 1.82) is 0 Å². The van der Waals surface area contributed by atoms with Crippen LogP contribution < -0.4 is 5.32 Å². The number of furan rings is 1. The Labute approximate surface area is 101 Å². The summed E-state index contributed by atoms with van der Waals surface area (Å²) in [6, 6.07) is 8.65. The molecule has 0 aliphatic heterocycles. The molecule has 0 saturated heterocycles. The third-order valence-corrected chi connectivity index (χ3v) is 2.36. The Morgan fingerprint density at radius 3 is 2.81 bits per heavy atom. The molecule has 2 aromatic rings. The van der Waals surface area contributed by atoms with Crippen molar-refractivity contribution in [2.75, 3.05) is 5.32 Å². The molecule has 0 spiro atoms. The van der Waals surface area contributed by atoms with Crippen molar-refractivity contribution in [3.05, 3.63) is 46.5 Å². The molecule has 0 atom stereocenters. The van der Waals surface area contributed by atoms with E-state index in [1.165, 1.54) is 0 Å². The first kappa shape index (κ1) is 10.9. The maximum Gasteiger partial charge on any atom is 0.292 e. The molecular formula is C11H9BrN2O2. The van der Waals surface area contributed by atoms with Gasteiger partial charge in [-0.25, -0.2) is 4.98 Å². The van der Waals surface area contributed by atoms with Crippen LogP contribution in [0.3, 0.4) is 0 Å². The smallest absolute Gasteiger partial charge is 0.292 e. The number of nitrogens with one attached hydrogen (secondary N) is 1. The van der Waals surface area contributed by atoms with E-state index in [2.05, 4.69) is 26.2 Å². The predicted molar refractivity (Wildman–Crippen MR) is 63.3 cm³/mol. The van der Waals surface area contributed by atoms with Crippen molar-refractivity contribution in [2.45, 2.75) is 6.92 Å². The molecule has 0 bridgehead atoms.